The molecule has 0 radical (unpaired) electrons. The second-order valence-corrected chi connectivity index (χ2v) is 6.96. The first kappa shape index (κ1) is 18.5. The van der Waals surface area contributed by atoms with Gasteiger partial charge in [0.05, 0.1) is 0 Å². The summed E-state index contributed by atoms with van der Waals surface area (Å²) in [6.07, 6.45) is 2.69. The minimum atomic E-state index is -0.991. The fourth-order valence-corrected chi connectivity index (χ4v) is 3.73. The Bertz CT molecular complexity index is 943. The molecule has 0 atom stereocenters. The summed E-state index contributed by atoms with van der Waals surface area (Å²) < 4.78 is 5.96. The van der Waals surface area contributed by atoms with Crippen LogP contribution in [0.1, 0.15) is 11.1 Å². The molecule has 0 bridgehead atoms. The van der Waals surface area contributed by atoms with Crippen molar-refractivity contribution in [3.05, 3.63) is 80.5 Å². The maximum atomic E-state index is 10.8. The van der Waals surface area contributed by atoms with Gasteiger partial charge >= 0.3 is 5.97 Å². The summed E-state index contributed by atoms with van der Waals surface area (Å²) in [6.45, 7) is 0.245. The number of carboxylic acids is 1. The van der Waals surface area contributed by atoms with Crippen LogP contribution in [0.4, 0.5) is 0 Å². The lowest BCUT2D eigenvalue weighted by Crippen LogP contribution is -1.98. The molecule has 1 N–H and O–H groups in total. The number of hydrogen-bond donors (Lipinski definition) is 1. The van der Waals surface area contributed by atoms with Gasteiger partial charge in [-0.15, -0.1) is 11.3 Å². The SMILES string of the molecule is O=C(O)C=Cc1ccccc1-c1cscc1OCc1c(Cl)cccc1Cl. The average molecular weight is 405 g/mol. The number of benzene rings is 2. The molecular formula is C20H14Cl2O3S. The molecule has 3 nitrogen and oxygen atoms in total. The highest BCUT2D eigenvalue weighted by atomic mass is 35.5. The van der Waals surface area contributed by atoms with Crippen molar-refractivity contribution in [3.63, 3.8) is 0 Å². The monoisotopic (exact) mass is 404 g/mol. The van der Waals surface area contributed by atoms with E-state index in [-0.39, 0.29) is 6.61 Å². The van der Waals surface area contributed by atoms with E-state index in [1.54, 1.807) is 24.3 Å². The van der Waals surface area contributed by atoms with Crippen molar-refractivity contribution in [2.45, 2.75) is 6.61 Å². The van der Waals surface area contributed by atoms with Gasteiger partial charge < -0.3 is 9.84 Å². The van der Waals surface area contributed by atoms with Crippen LogP contribution in [0.2, 0.25) is 10.0 Å². The smallest absolute Gasteiger partial charge is 0.328 e. The molecule has 3 aromatic rings. The van der Waals surface area contributed by atoms with Gasteiger partial charge in [-0.05, 0) is 29.3 Å². The quantitative estimate of drug-likeness (QED) is 0.483. The van der Waals surface area contributed by atoms with Gasteiger partial charge in [-0.2, -0.15) is 0 Å². The second-order valence-electron chi connectivity index (χ2n) is 5.40. The maximum Gasteiger partial charge on any atom is 0.328 e. The van der Waals surface area contributed by atoms with E-state index < -0.39 is 5.97 Å². The van der Waals surface area contributed by atoms with Crippen molar-refractivity contribution in [1.29, 1.82) is 0 Å². The summed E-state index contributed by atoms with van der Waals surface area (Å²) in [5.74, 6) is -0.294. The first-order valence-electron chi connectivity index (χ1n) is 7.68. The third-order valence-electron chi connectivity index (χ3n) is 3.72. The van der Waals surface area contributed by atoms with Crippen LogP contribution >= 0.6 is 34.5 Å². The summed E-state index contributed by atoms with van der Waals surface area (Å²) in [7, 11) is 0. The molecule has 3 rings (SSSR count). The number of carboxylic acid groups (broad SMARTS) is 1. The van der Waals surface area contributed by atoms with Crippen molar-refractivity contribution in [3.8, 4) is 16.9 Å². The molecule has 0 spiro atoms. The average Bonchev–Trinajstić information content (AvgIpc) is 3.08. The number of carbonyl (C=O) groups is 1. The Morgan fingerprint density at radius 3 is 2.50 bits per heavy atom. The molecule has 2 aromatic carbocycles. The molecule has 132 valence electrons. The van der Waals surface area contributed by atoms with Crippen molar-refractivity contribution in [2.75, 3.05) is 0 Å². The highest BCUT2D eigenvalue weighted by Crippen LogP contribution is 2.37. The van der Waals surface area contributed by atoms with Crippen LogP contribution in [0.15, 0.2) is 59.3 Å². The molecular weight excluding hydrogens is 391 g/mol. The van der Waals surface area contributed by atoms with Crippen LogP contribution in [0.3, 0.4) is 0 Å². The number of rotatable bonds is 6. The lowest BCUT2D eigenvalue weighted by molar-refractivity contribution is -0.131. The third kappa shape index (κ3) is 4.28. The zero-order valence-electron chi connectivity index (χ0n) is 13.5. The van der Waals surface area contributed by atoms with E-state index in [1.165, 1.54) is 11.3 Å². The molecule has 26 heavy (non-hydrogen) atoms. The highest BCUT2D eigenvalue weighted by molar-refractivity contribution is 7.08. The van der Waals surface area contributed by atoms with Gasteiger partial charge in [-0.1, -0.05) is 53.5 Å². The second kappa shape index (κ2) is 8.41. The van der Waals surface area contributed by atoms with E-state index in [2.05, 4.69) is 0 Å². The summed E-state index contributed by atoms with van der Waals surface area (Å²) in [4.78, 5) is 10.8. The first-order chi connectivity index (χ1) is 12.6. The zero-order chi connectivity index (χ0) is 18.5. The van der Waals surface area contributed by atoms with Gasteiger partial charge in [0.25, 0.3) is 0 Å². The maximum absolute atomic E-state index is 10.8. The standard InChI is InChI=1S/C20H14Cl2O3S/c21-17-6-3-7-18(22)15(17)10-25-19-12-26-11-16(19)14-5-2-1-4-13(14)8-9-20(23)24/h1-9,11-12H,10H2,(H,23,24). The zero-order valence-corrected chi connectivity index (χ0v) is 15.8. The predicted octanol–water partition coefficient (Wildman–Crippen LogP) is 6.40. The Balaban J connectivity index is 1.89. The Morgan fingerprint density at radius 1 is 1.04 bits per heavy atom. The van der Waals surface area contributed by atoms with Crippen LogP contribution in [0.5, 0.6) is 5.75 Å². The van der Waals surface area contributed by atoms with Crippen LogP contribution < -0.4 is 4.74 Å². The predicted molar refractivity (Wildman–Crippen MR) is 107 cm³/mol. The van der Waals surface area contributed by atoms with E-state index in [1.807, 2.05) is 35.0 Å². The molecule has 1 aromatic heterocycles. The fourth-order valence-electron chi connectivity index (χ4n) is 2.46. The van der Waals surface area contributed by atoms with Crippen LogP contribution in [-0.2, 0) is 11.4 Å². The number of aliphatic carboxylic acids is 1. The van der Waals surface area contributed by atoms with E-state index in [9.17, 15) is 4.79 Å². The molecule has 0 aliphatic carbocycles. The number of hydrogen-bond acceptors (Lipinski definition) is 3. The molecule has 0 amide bonds. The minimum Gasteiger partial charge on any atom is -0.487 e. The first-order valence-corrected chi connectivity index (χ1v) is 9.38. The van der Waals surface area contributed by atoms with Crippen LogP contribution in [-0.4, -0.2) is 11.1 Å². The molecule has 0 aliphatic rings. The van der Waals surface area contributed by atoms with Crippen molar-refractivity contribution < 1.29 is 14.6 Å². The van der Waals surface area contributed by atoms with Gasteiger partial charge in [0.15, 0.2) is 0 Å². The minimum absolute atomic E-state index is 0.245. The van der Waals surface area contributed by atoms with Gasteiger partial charge in [0.1, 0.15) is 12.4 Å². The van der Waals surface area contributed by atoms with Gasteiger partial charge in [-0.3, -0.25) is 0 Å². The largest absolute Gasteiger partial charge is 0.487 e. The van der Waals surface area contributed by atoms with Crippen LogP contribution in [0, 0.1) is 0 Å². The molecule has 0 saturated heterocycles. The number of halogens is 2. The van der Waals surface area contributed by atoms with Gasteiger partial charge in [0.2, 0.25) is 0 Å². The Kier molecular flexibility index (Phi) is 5.99. The highest BCUT2D eigenvalue weighted by Gasteiger charge is 2.13. The topological polar surface area (TPSA) is 46.5 Å². The third-order valence-corrected chi connectivity index (χ3v) is 5.15. The Hall–Kier alpha value is -2.27. The van der Waals surface area contributed by atoms with Crippen molar-refractivity contribution in [1.82, 2.24) is 0 Å². The lowest BCUT2D eigenvalue weighted by atomic mass is 10.0. The summed E-state index contributed by atoms with van der Waals surface area (Å²) in [5, 5.41) is 13.9. The van der Waals surface area contributed by atoms with Crippen LogP contribution in [0.25, 0.3) is 17.2 Å². The summed E-state index contributed by atoms with van der Waals surface area (Å²) in [6, 6.07) is 12.9. The van der Waals surface area contributed by atoms with Crippen molar-refractivity contribution >= 4 is 46.6 Å². The lowest BCUT2D eigenvalue weighted by Gasteiger charge is -2.11. The Labute approximate surface area is 165 Å². The molecule has 1 heterocycles. The summed E-state index contributed by atoms with van der Waals surface area (Å²) >= 11 is 13.9. The molecule has 0 unspecified atom stereocenters. The fraction of sp³-hybridized carbons (Fsp3) is 0.0500. The molecule has 0 aliphatic heterocycles. The van der Waals surface area contributed by atoms with E-state index >= 15 is 0 Å². The van der Waals surface area contributed by atoms with E-state index in [0.29, 0.717) is 15.8 Å². The molecule has 0 saturated carbocycles. The normalized spacial score (nSPS) is 11.0. The van der Waals surface area contributed by atoms with Crippen molar-refractivity contribution in [2.24, 2.45) is 0 Å². The molecule has 0 fully saturated rings. The van der Waals surface area contributed by atoms with Gasteiger partial charge in [-0.25, -0.2) is 4.79 Å². The van der Waals surface area contributed by atoms with Gasteiger partial charge in [0, 0.05) is 38.0 Å². The number of thiophene rings is 1. The summed E-state index contributed by atoms with van der Waals surface area (Å²) in [5.41, 5.74) is 3.32. The van der Waals surface area contributed by atoms with E-state index in [4.69, 9.17) is 33.0 Å². The van der Waals surface area contributed by atoms with E-state index in [0.717, 1.165) is 28.3 Å². The number of ether oxygens (including phenoxy) is 1. The molecule has 6 heteroatoms. The Morgan fingerprint density at radius 2 is 1.77 bits per heavy atom.